The van der Waals surface area contributed by atoms with Crippen molar-refractivity contribution in [1.29, 1.82) is 0 Å². The fourth-order valence-electron chi connectivity index (χ4n) is 4.60. The number of aryl methyl sites for hydroxylation is 1. The number of carbonyl (C=O) groups is 1. The maximum Gasteiger partial charge on any atom is 0.259 e. The van der Waals surface area contributed by atoms with Gasteiger partial charge in [-0.1, -0.05) is 6.07 Å². The molecule has 0 N–H and O–H groups in total. The van der Waals surface area contributed by atoms with Crippen molar-refractivity contribution < 1.29 is 4.79 Å². The van der Waals surface area contributed by atoms with Crippen LogP contribution in [0, 0.1) is 5.92 Å². The van der Waals surface area contributed by atoms with Crippen LogP contribution in [0.1, 0.15) is 28.4 Å². The number of carbonyl (C=O) groups excluding carboxylic acids is 1. The smallest absolute Gasteiger partial charge is 0.259 e. The van der Waals surface area contributed by atoms with Crippen molar-refractivity contribution in [2.45, 2.75) is 18.9 Å². The van der Waals surface area contributed by atoms with Crippen molar-refractivity contribution in [1.82, 2.24) is 23.8 Å². The van der Waals surface area contributed by atoms with E-state index in [1.807, 2.05) is 57.7 Å². The Labute approximate surface area is 156 Å². The van der Waals surface area contributed by atoms with E-state index in [1.165, 1.54) is 0 Å². The monoisotopic (exact) mass is 363 g/mol. The zero-order valence-corrected chi connectivity index (χ0v) is 15.2. The van der Waals surface area contributed by atoms with Crippen LogP contribution in [-0.4, -0.2) is 42.8 Å². The SMILES string of the molecule is Cn1ncc(C(=O)N2CC3CC(C2)c2cccc(=O)n2C3)c1-n1cccc1. The second-order valence-corrected chi connectivity index (χ2v) is 7.50. The van der Waals surface area contributed by atoms with Gasteiger partial charge in [-0.3, -0.25) is 14.3 Å². The Morgan fingerprint density at radius 1 is 1.11 bits per heavy atom. The molecule has 0 aromatic carbocycles. The number of hydrogen-bond donors (Lipinski definition) is 0. The van der Waals surface area contributed by atoms with Crippen molar-refractivity contribution >= 4 is 5.91 Å². The first kappa shape index (κ1) is 16.1. The van der Waals surface area contributed by atoms with E-state index in [4.69, 9.17) is 0 Å². The molecule has 2 unspecified atom stereocenters. The Hall–Kier alpha value is -3.09. The maximum atomic E-state index is 13.3. The lowest BCUT2D eigenvalue weighted by molar-refractivity contribution is 0.0594. The van der Waals surface area contributed by atoms with E-state index in [0.717, 1.165) is 17.9 Å². The number of likely N-dealkylation sites (tertiary alicyclic amines) is 1. The number of rotatable bonds is 2. The molecule has 0 spiro atoms. The molecule has 27 heavy (non-hydrogen) atoms. The van der Waals surface area contributed by atoms with Gasteiger partial charge in [0.25, 0.3) is 11.5 Å². The quantitative estimate of drug-likeness (QED) is 0.695. The van der Waals surface area contributed by atoms with Crippen LogP contribution in [0.5, 0.6) is 0 Å². The van der Waals surface area contributed by atoms with Crippen LogP contribution in [0.2, 0.25) is 0 Å². The average Bonchev–Trinajstić information content (AvgIpc) is 3.31. The molecule has 3 aromatic rings. The van der Waals surface area contributed by atoms with Crippen LogP contribution in [0.3, 0.4) is 0 Å². The lowest BCUT2D eigenvalue weighted by Gasteiger charge is -2.42. The van der Waals surface area contributed by atoms with E-state index < -0.39 is 0 Å². The minimum Gasteiger partial charge on any atom is -0.337 e. The van der Waals surface area contributed by atoms with Crippen molar-refractivity contribution in [3.05, 3.63) is 70.5 Å². The first-order chi connectivity index (χ1) is 13.1. The summed E-state index contributed by atoms with van der Waals surface area (Å²) < 4.78 is 5.53. The number of nitrogens with zero attached hydrogens (tertiary/aromatic N) is 5. The van der Waals surface area contributed by atoms with Crippen molar-refractivity contribution in [3.8, 4) is 5.82 Å². The molecule has 7 nitrogen and oxygen atoms in total. The third kappa shape index (κ3) is 2.53. The van der Waals surface area contributed by atoms with Crippen molar-refractivity contribution in [3.63, 3.8) is 0 Å². The topological polar surface area (TPSA) is 65.1 Å². The summed E-state index contributed by atoms with van der Waals surface area (Å²) in [7, 11) is 1.85. The molecule has 1 amide bonds. The number of aromatic nitrogens is 4. The molecule has 5 heterocycles. The van der Waals surface area contributed by atoms with E-state index in [9.17, 15) is 9.59 Å². The van der Waals surface area contributed by atoms with Gasteiger partial charge in [-0.25, -0.2) is 0 Å². The summed E-state index contributed by atoms with van der Waals surface area (Å²) in [5, 5.41) is 4.31. The molecule has 3 aromatic heterocycles. The Balaban J connectivity index is 1.48. The molecule has 0 radical (unpaired) electrons. The van der Waals surface area contributed by atoms with Crippen LogP contribution in [0.15, 0.2) is 53.7 Å². The summed E-state index contributed by atoms with van der Waals surface area (Å²) in [4.78, 5) is 27.4. The Morgan fingerprint density at radius 3 is 2.74 bits per heavy atom. The normalized spacial score (nSPS) is 21.1. The number of pyridine rings is 1. The van der Waals surface area contributed by atoms with Crippen molar-refractivity contribution in [2.24, 2.45) is 13.0 Å². The van der Waals surface area contributed by atoms with Crippen LogP contribution >= 0.6 is 0 Å². The molecule has 0 saturated carbocycles. The van der Waals surface area contributed by atoms with Gasteiger partial charge >= 0.3 is 0 Å². The Morgan fingerprint density at radius 2 is 1.93 bits per heavy atom. The third-order valence-electron chi connectivity index (χ3n) is 5.75. The maximum absolute atomic E-state index is 13.3. The summed E-state index contributed by atoms with van der Waals surface area (Å²) >= 11 is 0. The van der Waals surface area contributed by atoms with Gasteiger partial charge in [0.05, 0.1) is 6.20 Å². The molecular weight excluding hydrogens is 342 g/mol. The molecule has 0 aliphatic carbocycles. The predicted octanol–water partition coefficient (Wildman–Crippen LogP) is 1.63. The molecular formula is C20H21N5O2. The van der Waals surface area contributed by atoms with Gasteiger partial charge in [-0.05, 0) is 30.5 Å². The van der Waals surface area contributed by atoms with Gasteiger partial charge in [0, 0.05) is 56.8 Å². The molecule has 2 bridgehead atoms. The van der Waals surface area contributed by atoms with E-state index in [0.29, 0.717) is 31.1 Å². The Kier molecular flexibility index (Phi) is 3.56. The average molecular weight is 363 g/mol. The van der Waals surface area contributed by atoms with E-state index in [-0.39, 0.29) is 17.4 Å². The molecule has 138 valence electrons. The summed E-state index contributed by atoms with van der Waals surface area (Å²) in [6.45, 7) is 2.00. The number of fused-ring (bicyclic) bond motifs is 4. The van der Waals surface area contributed by atoms with Gasteiger partial charge < -0.3 is 14.0 Å². The standard InChI is InChI=1S/C20H21N5O2/c1-22-19(23-7-2-3-8-23)16(10-21-22)20(27)24-11-14-9-15(13-24)17-5-4-6-18(26)25(17)12-14/h2-8,10,14-15H,9,11-13H2,1H3. The molecule has 7 heteroatoms. The molecule has 2 aliphatic heterocycles. The minimum atomic E-state index is 0.00762. The fraction of sp³-hybridized carbons (Fsp3) is 0.350. The van der Waals surface area contributed by atoms with Gasteiger partial charge in [-0.2, -0.15) is 5.10 Å². The second kappa shape index (κ2) is 5.97. The van der Waals surface area contributed by atoms with Crippen LogP contribution < -0.4 is 5.56 Å². The van der Waals surface area contributed by atoms with Gasteiger partial charge in [-0.15, -0.1) is 0 Å². The van der Waals surface area contributed by atoms with Crippen LogP contribution in [-0.2, 0) is 13.6 Å². The lowest BCUT2D eigenvalue weighted by atomic mass is 9.83. The van der Waals surface area contributed by atoms with Gasteiger partial charge in [0.2, 0.25) is 0 Å². The zero-order valence-electron chi connectivity index (χ0n) is 15.2. The summed E-state index contributed by atoms with van der Waals surface area (Å²) in [5.41, 5.74) is 1.72. The largest absolute Gasteiger partial charge is 0.337 e. The van der Waals surface area contributed by atoms with Crippen molar-refractivity contribution in [2.75, 3.05) is 13.1 Å². The highest BCUT2D eigenvalue weighted by atomic mass is 16.2. The minimum absolute atomic E-state index is 0.00762. The second-order valence-electron chi connectivity index (χ2n) is 7.50. The first-order valence-corrected chi connectivity index (χ1v) is 9.26. The van der Waals surface area contributed by atoms with E-state index >= 15 is 0 Å². The fourth-order valence-corrected chi connectivity index (χ4v) is 4.60. The first-order valence-electron chi connectivity index (χ1n) is 9.26. The predicted molar refractivity (Wildman–Crippen MR) is 100.0 cm³/mol. The lowest BCUT2D eigenvalue weighted by Crippen LogP contribution is -2.49. The third-order valence-corrected chi connectivity index (χ3v) is 5.75. The highest BCUT2D eigenvalue weighted by molar-refractivity contribution is 5.97. The number of hydrogen-bond acceptors (Lipinski definition) is 3. The highest BCUT2D eigenvalue weighted by Gasteiger charge is 2.37. The molecule has 2 atom stereocenters. The van der Waals surface area contributed by atoms with Gasteiger partial charge in [0.1, 0.15) is 11.4 Å². The molecule has 1 saturated heterocycles. The van der Waals surface area contributed by atoms with Crippen LogP contribution in [0.4, 0.5) is 0 Å². The molecule has 5 rings (SSSR count). The summed E-state index contributed by atoms with van der Waals surface area (Å²) in [5.74, 6) is 1.31. The van der Waals surface area contributed by atoms with Gasteiger partial charge in [0.15, 0.2) is 0 Å². The zero-order chi connectivity index (χ0) is 18.5. The van der Waals surface area contributed by atoms with E-state index in [2.05, 4.69) is 5.10 Å². The molecule has 1 fully saturated rings. The molecule has 2 aliphatic rings. The number of amides is 1. The highest BCUT2D eigenvalue weighted by Crippen LogP contribution is 2.35. The van der Waals surface area contributed by atoms with E-state index in [1.54, 1.807) is 16.9 Å². The summed E-state index contributed by atoms with van der Waals surface area (Å²) in [6.07, 6.45) is 6.52. The number of piperidine rings is 1. The summed E-state index contributed by atoms with van der Waals surface area (Å²) in [6, 6.07) is 9.32. The Bertz CT molecular complexity index is 1060. The van der Waals surface area contributed by atoms with Crippen LogP contribution in [0.25, 0.3) is 5.82 Å².